The minimum atomic E-state index is 0.400. The average Bonchev–Trinajstić information content (AvgIpc) is 2.95. The van der Waals surface area contributed by atoms with Crippen molar-refractivity contribution in [2.75, 3.05) is 13.2 Å². The van der Waals surface area contributed by atoms with E-state index in [-0.39, 0.29) is 0 Å². The van der Waals surface area contributed by atoms with Gasteiger partial charge in [-0.05, 0) is 35.8 Å². The van der Waals surface area contributed by atoms with E-state index in [0.29, 0.717) is 24.3 Å². The third-order valence-corrected chi connectivity index (χ3v) is 4.86. The summed E-state index contributed by atoms with van der Waals surface area (Å²) in [6.45, 7) is 10.4. The van der Waals surface area contributed by atoms with Gasteiger partial charge in [-0.2, -0.15) is 0 Å². The molecule has 27 heavy (non-hydrogen) atoms. The number of para-hydroxylation sites is 1. The molecule has 0 amide bonds. The normalized spacial score (nSPS) is 15.5. The Labute approximate surface area is 163 Å². The molecule has 0 atom stereocenters. The fourth-order valence-electron chi connectivity index (χ4n) is 3.34. The molecule has 1 aliphatic rings. The van der Waals surface area contributed by atoms with Crippen LogP contribution in [0.1, 0.15) is 69.1 Å². The van der Waals surface area contributed by atoms with E-state index < -0.39 is 0 Å². The number of ether oxygens (including phenoxy) is 1. The monoisotopic (exact) mass is 362 g/mol. The van der Waals surface area contributed by atoms with Crippen LogP contribution in [0.3, 0.4) is 0 Å². The summed E-state index contributed by atoms with van der Waals surface area (Å²) < 4.78 is 6.01. The van der Waals surface area contributed by atoms with Crippen LogP contribution in [-0.2, 0) is 4.74 Å². The minimum absolute atomic E-state index is 0.400. The summed E-state index contributed by atoms with van der Waals surface area (Å²) in [6, 6.07) is 16.8. The van der Waals surface area contributed by atoms with Crippen LogP contribution in [0.15, 0.2) is 58.5 Å². The number of hydrogen-bond donors (Lipinski definition) is 0. The topological polar surface area (TPSA) is 34.0 Å². The minimum Gasteiger partial charge on any atom is -0.476 e. The van der Waals surface area contributed by atoms with E-state index in [0.717, 1.165) is 36.3 Å². The molecule has 2 aromatic rings. The van der Waals surface area contributed by atoms with Gasteiger partial charge >= 0.3 is 0 Å². The zero-order valence-corrected chi connectivity index (χ0v) is 16.9. The number of rotatable bonds is 5. The third-order valence-electron chi connectivity index (χ3n) is 4.86. The molecule has 0 saturated carbocycles. The second-order valence-corrected chi connectivity index (χ2v) is 7.66. The standard InChI is InChI=1S/C24H30N2O/c1-17(2)20-13-10-14-21(18(3)4)23(20)26-22(19-11-6-5-7-12-19)24-25-15-8-9-16-27-24/h5-7,10-14,17-18H,8-9,15-16H2,1-4H3/b26-22+. The van der Waals surface area contributed by atoms with Gasteiger partial charge in [-0.3, -0.25) is 0 Å². The van der Waals surface area contributed by atoms with Crippen LogP contribution in [0.25, 0.3) is 0 Å². The first-order valence-electron chi connectivity index (χ1n) is 10.0. The highest BCUT2D eigenvalue weighted by Gasteiger charge is 2.19. The molecule has 3 nitrogen and oxygen atoms in total. The van der Waals surface area contributed by atoms with Crippen molar-refractivity contribution in [1.82, 2.24) is 0 Å². The Morgan fingerprint density at radius 3 is 2.19 bits per heavy atom. The first-order valence-corrected chi connectivity index (χ1v) is 10.0. The van der Waals surface area contributed by atoms with Gasteiger partial charge in [0, 0.05) is 12.1 Å². The van der Waals surface area contributed by atoms with Crippen molar-refractivity contribution in [1.29, 1.82) is 0 Å². The molecular weight excluding hydrogens is 332 g/mol. The number of aliphatic imine (C=N–C) groups is 2. The van der Waals surface area contributed by atoms with E-state index in [4.69, 9.17) is 14.7 Å². The van der Waals surface area contributed by atoms with Crippen molar-refractivity contribution in [2.45, 2.75) is 52.4 Å². The zero-order valence-electron chi connectivity index (χ0n) is 16.9. The second-order valence-electron chi connectivity index (χ2n) is 7.66. The Morgan fingerprint density at radius 1 is 0.889 bits per heavy atom. The summed E-state index contributed by atoms with van der Waals surface area (Å²) in [4.78, 5) is 9.91. The molecular formula is C24H30N2O. The molecule has 0 N–H and O–H groups in total. The zero-order chi connectivity index (χ0) is 19.2. The Bertz CT molecular complexity index is 793. The van der Waals surface area contributed by atoms with Gasteiger partial charge in [0.05, 0.1) is 12.3 Å². The van der Waals surface area contributed by atoms with Crippen LogP contribution >= 0.6 is 0 Å². The van der Waals surface area contributed by atoms with Crippen molar-refractivity contribution in [3.8, 4) is 0 Å². The molecule has 2 aromatic carbocycles. The highest BCUT2D eigenvalue weighted by Crippen LogP contribution is 2.35. The maximum absolute atomic E-state index is 6.01. The molecule has 3 heteroatoms. The number of benzene rings is 2. The van der Waals surface area contributed by atoms with Crippen LogP contribution in [0.2, 0.25) is 0 Å². The van der Waals surface area contributed by atoms with Crippen LogP contribution in [0, 0.1) is 0 Å². The van der Waals surface area contributed by atoms with Crippen LogP contribution < -0.4 is 0 Å². The lowest BCUT2D eigenvalue weighted by molar-refractivity contribution is 0.310. The molecule has 142 valence electrons. The van der Waals surface area contributed by atoms with Gasteiger partial charge in [0.1, 0.15) is 5.71 Å². The molecule has 1 heterocycles. The first-order chi connectivity index (χ1) is 13.1. The highest BCUT2D eigenvalue weighted by molar-refractivity contribution is 6.46. The lowest BCUT2D eigenvalue weighted by Gasteiger charge is -2.18. The molecule has 0 unspecified atom stereocenters. The SMILES string of the molecule is CC(C)c1cccc(C(C)C)c1/N=C(/C1=NCCCCO1)c1ccccc1. The van der Waals surface area contributed by atoms with Gasteiger partial charge in [-0.25, -0.2) is 9.98 Å². The van der Waals surface area contributed by atoms with E-state index in [9.17, 15) is 0 Å². The van der Waals surface area contributed by atoms with Crippen molar-refractivity contribution in [2.24, 2.45) is 9.98 Å². The Kier molecular flexibility index (Phi) is 6.44. The van der Waals surface area contributed by atoms with Crippen molar-refractivity contribution >= 4 is 17.3 Å². The van der Waals surface area contributed by atoms with E-state index in [1.54, 1.807) is 0 Å². The average molecular weight is 363 g/mol. The summed E-state index contributed by atoms with van der Waals surface area (Å²) >= 11 is 0. The molecule has 3 rings (SSSR count). The molecule has 0 spiro atoms. The van der Waals surface area contributed by atoms with Crippen LogP contribution in [0.5, 0.6) is 0 Å². The Balaban J connectivity index is 2.21. The lowest BCUT2D eigenvalue weighted by atomic mass is 9.92. The molecule has 0 aromatic heterocycles. The third kappa shape index (κ3) is 4.65. The van der Waals surface area contributed by atoms with Gasteiger partial charge in [0.25, 0.3) is 0 Å². The van der Waals surface area contributed by atoms with Crippen molar-refractivity contribution in [3.05, 3.63) is 65.2 Å². The summed E-state index contributed by atoms with van der Waals surface area (Å²) in [6.07, 6.45) is 2.10. The summed E-state index contributed by atoms with van der Waals surface area (Å²) in [5, 5.41) is 0. The van der Waals surface area contributed by atoms with Crippen LogP contribution in [0.4, 0.5) is 5.69 Å². The number of nitrogens with zero attached hydrogens (tertiary/aromatic N) is 2. The largest absolute Gasteiger partial charge is 0.476 e. The lowest BCUT2D eigenvalue weighted by Crippen LogP contribution is -2.19. The fourth-order valence-corrected chi connectivity index (χ4v) is 3.34. The number of hydrogen-bond acceptors (Lipinski definition) is 3. The summed E-state index contributed by atoms with van der Waals surface area (Å²) in [5.41, 5.74) is 5.49. The van der Waals surface area contributed by atoms with E-state index >= 15 is 0 Å². The predicted molar refractivity (Wildman–Crippen MR) is 115 cm³/mol. The van der Waals surface area contributed by atoms with Gasteiger partial charge in [-0.15, -0.1) is 0 Å². The van der Waals surface area contributed by atoms with E-state index in [1.165, 1.54) is 11.1 Å². The first kappa shape index (κ1) is 19.3. The van der Waals surface area contributed by atoms with Crippen molar-refractivity contribution < 1.29 is 4.74 Å². The smallest absolute Gasteiger partial charge is 0.235 e. The molecule has 0 aliphatic carbocycles. The second kappa shape index (κ2) is 8.98. The van der Waals surface area contributed by atoms with Gasteiger partial charge in [0.2, 0.25) is 5.90 Å². The van der Waals surface area contributed by atoms with Gasteiger partial charge < -0.3 is 4.74 Å². The fraction of sp³-hybridized carbons (Fsp3) is 0.417. The highest BCUT2D eigenvalue weighted by atomic mass is 16.5. The van der Waals surface area contributed by atoms with E-state index in [2.05, 4.69) is 58.0 Å². The van der Waals surface area contributed by atoms with Gasteiger partial charge in [-0.1, -0.05) is 76.2 Å². The maximum Gasteiger partial charge on any atom is 0.235 e. The molecule has 1 aliphatic heterocycles. The molecule has 0 bridgehead atoms. The molecule has 0 fully saturated rings. The summed E-state index contributed by atoms with van der Waals surface area (Å²) in [7, 11) is 0. The Morgan fingerprint density at radius 2 is 1.56 bits per heavy atom. The van der Waals surface area contributed by atoms with Gasteiger partial charge in [0.15, 0.2) is 0 Å². The predicted octanol–water partition coefficient (Wildman–Crippen LogP) is 6.26. The maximum atomic E-state index is 6.01. The molecule has 0 radical (unpaired) electrons. The summed E-state index contributed by atoms with van der Waals surface area (Å²) in [5.74, 6) is 1.47. The van der Waals surface area contributed by atoms with Crippen LogP contribution in [-0.4, -0.2) is 24.8 Å². The van der Waals surface area contributed by atoms with E-state index in [1.807, 2.05) is 18.2 Å². The van der Waals surface area contributed by atoms with Crippen molar-refractivity contribution in [3.63, 3.8) is 0 Å². The quantitative estimate of drug-likeness (QED) is 0.578. The Hall–Kier alpha value is -2.42. The molecule has 0 saturated heterocycles.